The summed E-state index contributed by atoms with van der Waals surface area (Å²) >= 11 is 3.33. The molecule has 2 aromatic rings. The molecule has 0 aliphatic rings. The zero-order chi connectivity index (χ0) is 17.5. The highest BCUT2D eigenvalue weighted by molar-refractivity contribution is 9.10. The third-order valence-corrected chi connectivity index (χ3v) is 3.73. The molecule has 2 amide bonds. The number of aromatic hydroxyl groups is 1. The number of urea groups is 1. The van der Waals surface area contributed by atoms with E-state index in [0.717, 1.165) is 4.47 Å². The topological polar surface area (TPSA) is 87.7 Å². The molecule has 3 N–H and O–H groups in total. The van der Waals surface area contributed by atoms with Gasteiger partial charge in [-0.25, -0.2) is 9.59 Å². The fraction of sp³-hybridized carbons (Fsp3) is 0.0588. The predicted octanol–water partition coefficient (Wildman–Crippen LogP) is 3.98. The van der Waals surface area contributed by atoms with E-state index in [9.17, 15) is 14.7 Å². The van der Waals surface area contributed by atoms with Crippen LogP contribution in [0.25, 0.3) is 6.08 Å². The van der Waals surface area contributed by atoms with Crippen molar-refractivity contribution in [2.45, 2.75) is 0 Å². The lowest BCUT2D eigenvalue weighted by Crippen LogP contribution is -2.19. The molecule has 0 saturated heterocycles. The number of nitrogens with one attached hydrogen (secondary N) is 2. The van der Waals surface area contributed by atoms with E-state index in [1.807, 2.05) is 6.07 Å². The summed E-state index contributed by atoms with van der Waals surface area (Å²) < 4.78 is 5.23. The van der Waals surface area contributed by atoms with E-state index in [1.54, 1.807) is 36.4 Å². The lowest BCUT2D eigenvalue weighted by molar-refractivity contribution is -0.134. The first-order chi connectivity index (χ1) is 11.5. The Morgan fingerprint density at radius 2 is 1.75 bits per heavy atom. The van der Waals surface area contributed by atoms with Crippen LogP contribution in [0.1, 0.15) is 5.56 Å². The van der Waals surface area contributed by atoms with Crippen molar-refractivity contribution in [3.63, 3.8) is 0 Å². The molecule has 24 heavy (non-hydrogen) atoms. The highest BCUT2D eigenvalue weighted by Crippen LogP contribution is 2.29. The molecule has 0 spiro atoms. The Bertz CT molecular complexity index is 790. The third kappa shape index (κ3) is 4.60. The van der Waals surface area contributed by atoms with Gasteiger partial charge in [-0.1, -0.05) is 24.3 Å². The molecule has 0 fully saturated rings. The Balaban J connectivity index is 2.12. The second-order valence-electron chi connectivity index (χ2n) is 4.66. The van der Waals surface area contributed by atoms with Gasteiger partial charge in [-0.05, 0) is 40.2 Å². The average molecular weight is 391 g/mol. The maximum absolute atomic E-state index is 12.1. The average Bonchev–Trinajstić information content (AvgIpc) is 2.57. The van der Waals surface area contributed by atoms with Crippen LogP contribution in [0.5, 0.6) is 5.75 Å². The minimum absolute atomic E-state index is 0.153. The number of halogens is 1. The molecule has 0 bridgehead atoms. The summed E-state index contributed by atoms with van der Waals surface area (Å²) in [5, 5.41) is 15.4. The van der Waals surface area contributed by atoms with E-state index in [-0.39, 0.29) is 11.4 Å². The predicted molar refractivity (Wildman–Crippen MR) is 95.9 cm³/mol. The molecule has 0 radical (unpaired) electrons. The normalized spacial score (nSPS) is 10.4. The minimum atomic E-state index is -0.542. The number of hydrogen-bond acceptors (Lipinski definition) is 4. The molecular weight excluding hydrogens is 376 g/mol. The molecule has 2 aromatic carbocycles. The quantitative estimate of drug-likeness (QED) is 0.418. The highest BCUT2D eigenvalue weighted by atomic mass is 79.9. The smallest absolute Gasteiger partial charge is 0.330 e. The molecule has 0 aliphatic carbocycles. The molecule has 0 aliphatic heterocycles. The summed E-state index contributed by atoms with van der Waals surface area (Å²) in [5.41, 5.74) is 1.18. The van der Waals surface area contributed by atoms with Gasteiger partial charge in [-0.15, -0.1) is 0 Å². The first-order valence-corrected chi connectivity index (χ1v) is 7.71. The number of carbonyl (C=O) groups excluding carboxylic acids is 2. The zero-order valence-electron chi connectivity index (χ0n) is 12.7. The molecular formula is C17H15BrN2O4. The van der Waals surface area contributed by atoms with Crippen molar-refractivity contribution in [2.75, 3.05) is 17.7 Å². The van der Waals surface area contributed by atoms with Crippen molar-refractivity contribution in [3.05, 3.63) is 58.6 Å². The van der Waals surface area contributed by atoms with Crippen LogP contribution in [0.4, 0.5) is 16.2 Å². The van der Waals surface area contributed by atoms with Gasteiger partial charge in [-0.2, -0.15) is 0 Å². The lowest BCUT2D eigenvalue weighted by atomic mass is 10.1. The summed E-state index contributed by atoms with van der Waals surface area (Å²) in [5.74, 6) is -0.695. The van der Waals surface area contributed by atoms with Gasteiger partial charge in [0, 0.05) is 16.1 Å². The van der Waals surface area contributed by atoms with Gasteiger partial charge in [0.2, 0.25) is 0 Å². The maximum atomic E-state index is 12.1. The summed E-state index contributed by atoms with van der Waals surface area (Å²) in [6.45, 7) is 0. The van der Waals surface area contributed by atoms with Crippen LogP contribution in [0, 0.1) is 0 Å². The number of anilines is 2. The first kappa shape index (κ1) is 17.6. The Morgan fingerprint density at radius 1 is 1.08 bits per heavy atom. The van der Waals surface area contributed by atoms with Crippen LogP contribution in [0.15, 0.2) is 53.0 Å². The fourth-order valence-corrected chi connectivity index (χ4v) is 2.24. The van der Waals surface area contributed by atoms with Gasteiger partial charge in [0.25, 0.3) is 0 Å². The molecule has 2 rings (SSSR count). The molecule has 0 saturated carbocycles. The van der Waals surface area contributed by atoms with Crippen molar-refractivity contribution in [3.8, 4) is 5.75 Å². The second-order valence-corrected chi connectivity index (χ2v) is 5.51. The van der Waals surface area contributed by atoms with Gasteiger partial charge < -0.3 is 20.5 Å². The van der Waals surface area contributed by atoms with Crippen LogP contribution in [0.2, 0.25) is 0 Å². The van der Waals surface area contributed by atoms with E-state index >= 15 is 0 Å². The first-order valence-electron chi connectivity index (χ1n) is 6.92. The number of hydrogen-bond donors (Lipinski definition) is 3. The van der Waals surface area contributed by atoms with Crippen molar-refractivity contribution < 1.29 is 19.4 Å². The van der Waals surface area contributed by atoms with Gasteiger partial charge in [-0.3, -0.25) is 0 Å². The molecule has 0 unspecified atom stereocenters. The zero-order valence-corrected chi connectivity index (χ0v) is 14.3. The highest BCUT2D eigenvalue weighted by Gasteiger charge is 2.10. The van der Waals surface area contributed by atoms with E-state index in [4.69, 9.17) is 0 Å². The number of phenolic OH excluding ortho intramolecular Hbond substituents is 1. The SMILES string of the molecule is COC(=O)/C=C/c1cccc(NC(=O)Nc2ccccc2Br)c1O. The standard InChI is InChI=1S/C17H15BrN2O4/c1-24-15(21)10-9-11-5-4-8-14(16(11)22)20-17(23)19-13-7-3-2-6-12(13)18/h2-10,22H,1H3,(H2,19,20,23)/b10-9+. The number of amides is 2. The number of ether oxygens (including phenoxy) is 1. The Morgan fingerprint density at radius 3 is 2.46 bits per heavy atom. The molecule has 0 aromatic heterocycles. The number of phenols is 1. The van der Waals surface area contributed by atoms with Crippen LogP contribution in [-0.2, 0) is 9.53 Å². The van der Waals surface area contributed by atoms with Crippen LogP contribution >= 0.6 is 15.9 Å². The van der Waals surface area contributed by atoms with E-state index < -0.39 is 12.0 Å². The van der Waals surface area contributed by atoms with Crippen molar-refractivity contribution in [1.29, 1.82) is 0 Å². The van der Waals surface area contributed by atoms with Gasteiger partial charge in [0.05, 0.1) is 18.5 Å². The van der Waals surface area contributed by atoms with Gasteiger partial charge in [0.15, 0.2) is 0 Å². The molecule has 7 heteroatoms. The van der Waals surface area contributed by atoms with E-state index in [2.05, 4.69) is 31.3 Å². The number of benzene rings is 2. The summed E-state index contributed by atoms with van der Waals surface area (Å²) in [6, 6.07) is 11.4. The lowest BCUT2D eigenvalue weighted by Gasteiger charge is -2.11. The van der Waals surface area contributed by atoms with E-state index in [1.165, 1.54) is 19.3 Å². The van der Waals surface area contributed by atoms with Crippen LogP contribution in [-0.4, -0.2) is 24.2 Å². The Hall–Kier alpha value is -2.80. The van der Waals surface area contributed by atoms with Gasteiger partial charge >= 0.3 is 12.0 Å². The van der Waals surface area contributed by atoms with Crippen molar-refractivity contribution >= 4 is 45.4 Å². The fourth-order valence-electron chi connectivity index (χ4n) is 1.86. The maximum Gasteiger partial charge on any atom is 0.330 e. The van der Waals surface area contributed by atoms with Crippen molar-refractivity contribution in [2.24, 2.45) is 0 Å². The number of methoxy groups -OCH3 is 1. The third-order valence-electron chi connectivity index (χ3n) is 3.04. The Kier molecular flexibility index (Phi) is 5.97. The van der Waals surface area contributed by atoms with Crippen LogP contribution < -0.4 is 10.6 Å². The van der Waals surface area contributed by atoms with Crippen LogP contribution in [0.3, 0.4) is 0 Å². The molecule has 0 atom stereocenters. The van der Waals surface area contributed by atoms with Gasteiger partial charge in [0.1, 0.15) is 5.75 Å². The molecule has 0 heterocycles. The summed E-state index contributed by atoms with van der Waals surface area (Å²) in [4.78, 5) is 23.2. The second kappa shape index (κ2) is 8.16. The summed E-state index contributed by atoms with van der Waals surface area (Å²) in [6.07, 6.45) is 2.58. The van der Waals surface area contributed by atoms with Crippen molar-refractivity contribution in [1.82, 2.24) is 0 Å². The largest absolute Gasteiger partial charge is 0.505 e. The minimum Gasteiger partial charge on any atom is -0.505 e. The number of esters is 1. The number of rotatable bonds is 4. The number of para-hydroxylation sites is 2. The Labute approximate surface area is 147 Å². The molecule has 124 valence electrons. The summed E-state index contributed by atoms with van der Waals surface area (Å²) in [7, 11) is 1.26. The molecule has 6 nitrogen and oxygen atoms in total. The van der Waals surface area contributed by atoms with E-state index in [0.29, 0.717) is 11.3 Å². The monoisotopic (exact) mass is 390 g/mol. The number of carbonyl (C=O) groups is 2.